The van der Waals surface area contributed by atoms with Gasteiger partial charge in [-0.1, -0.05) is 109 Å². The van der Waals surface area contributed by atoms with E-state index in [0.717, 1.165) is 0 Å². The molecule has 2 rings (SSSR count). The molecular weight excluding hydrogens is 316 g/mol. The van der Waals surface area contributed by atoms with E-state index in [4.69, 9.17) is 5.11 Å². The van der Waals surface area contributed by atoms with Crippen molar-refractivity contribution in [2.75, 3.05) is 6.61 Å². The van der Waals surface area contributed by atoms with Crippen LogP contribution in [0, 0.1) is 12.8 Å². The van der Waals surface area contributed by atoms with Gasteiger partial charge in [-0.15, -0.1) is 0 Å². The highest BCUT2D eigenvalue weighted by atomic mass is 16.3. The number of aliphatic hydroxyl groups excluding tert-OH is 1. The first-order valence-corrected chi connectivity index (χ1v) is 11.4. The highest BCUT2D eigenvalue weighted by molar-refractivity contribution is 5.21. The molecule has 0 bridgehead atoms. The van der Waals surface area contributed by atoms with Crippen LogP contribution in [0.25, 0.3) is 0 Å². The van der Waals surface area contributed by atoms with Gasteiger partial charge in [0.25, 0.3) is 0 Å². The van der Waals surface area contributed by atoms with Crippen molar-refractivity contribution in [1.82, 2.24) is 0 Å². The van der Waals surface area contributed by atoms with Crippen molar-refractivity contribution in [1.29, 1.82) is 0 Å². The first kappa shape index (κ1) is 27.4. The van der Waals surface area contributed by atoms with E-state index in [1.807, 2.05) is 27.7 Å². The van der Waals surface area contributed by atoms with E-state index in [1.165, 1.54) is 81.8 Å². The summed E-state index contributed by atoms with van der Waals surface area (Å²) in [7, 11) is 0. The molecule has 1 aliphatic carbocycles. The Morgan fingerprint density at radius 2 is 1.31 bits per heavy atom. The second-order valence-electron chi connectivity index (χ2n) is 6.84. The lowest BCUT2D eigenvalue weighted by molar-refractivity contribution is 0.230. The lowest BCUT2D eigenvalue weighted by Gasteiger charge is -2.02. The Labute approximate surface area is 165 Å². The van der Waals surface area contributed by atoms with Gasteiger partial charge in [-0.05, 0) is 44.1 Å². The van der Waals surface area contributed by atoms with Gasteiger partial charge in [0.1, 0.15) is 0 Å². The number of aryl methyl sites for hydroxylation is 2. The standard InChI is InChI=1S/C15H24.C6H12O.2C2H6/c1-3-4-5-6-7-8-9-15-12-10-14(2)11-13-15;7-5-6-3-1-2-4-6;2*1-2/h10-13H,3-9H2,1-2H3;6-7H,1-5H2;2*1-2H3. The third-order valence-corrected chi connectivity index (χ3v) is 4.67. The summed E-state index contributed by atoms with van der Waals surface area (Å²) < 4.78 is 0. The van der Waals surface area contributed by atoms with E-state index in [9.17, 15) is 0 Å². The molecule has 1 N–H and O–H groups in total. The van der Waals surface area contributed by atoms with Crippen molar-refractivity contribution in [2.24, 2.45) is 5.92 Å². The number of aliphatic hydroxyl groups is 1. The van der Waals surface area contributed by atoms with E-state index < -0.39 is 0 Å². The van der Waals surface area contributed by atoms with Crippen LogP contribution in [0.4, 0.5) is 0 Å². The average Bonchev–Trinajstić information content (AvgIpc) is 3.24. The minimum absolute atomic E-state index is 0.417. The van der Waals surface area contributed by atoms with Crippen molar-refractivity contribution in [3.05, 3.63) is 35.4 Å². The topological polar surface area (TPSA) is 20.2 Å². The van der Waals surface area contributed by atoms with Gasteiger partial charge in [0, 0.05) is 6.61 Å². The highest BCUT2D eigenvalue weighted by Crippen LogP contribution is 2.23. The first-order chi connectivity index (χ1) is 12.8. The van der Waals surface area contributed by atoms with Crippen molar-refractivity contribution < 1.29 is 5.11 Å². The molecule has 1 saturated carbocycles. The minimum Gasteiger partial charge on any atom is -0.396 e. The van der Waals surface area contributed by atoms with Crippen molar-refractivity contribution >= 4 is 0 Å². The van der Waals surface area contributed by atoms with Crippen molar-refractivity contribution in [3.63, 3.8) is 0 Å². The molecule has 1 heteroatoms. The Kier molecular flexibility index (Phi) is 23.4. The second-order valence-corrected chi connectivity index (χ2v) is 6.84. The quantitative estimate of drug-likeness (QED) is 0.462. The third-order valence-electron chi connectivity index (χ3n) is 4.67. The van der Waals surface area contributed by atoms with Crippen LogP contribution in [0.3, 0.4) is 0 Å². The molecule has 1 aliphatic rings. The maximum Gasteiger partial charge on any atom is 0.0459 e. The number of hydrogen-bond donors (Lipinski definition) is 1. The highest BCUT2D eigenvalue weighted by Gasteiger charge is 2.12. The van der Waals surface area contributed by atoms with Gasteiger partial charge in [-0.2, -0.15) is 0 Å². The normalized spacial score (nSPS) is 12.9. The molecular formula is C25H48O. The summed E-state index contributed by atoms with van der Waals surface area (Å²) in [4.78, 5) is 0. The van der Waals surface area contributed by atoms with Crippen LogP contribution in [-0.2, 0) is 6.42 Å². The van der Waals surface area contributed by atoms with Crippen LogP contribution in [-0.4, -0.2) is 11.7 Å². The fourth-order valence-electron chi connectivity index (χ4n) is 3.06. The minimum atomic E-state index is 0.417. The van der Waals surface area contributed by atoms with E-state index in [2.05, 4.69) is 38.1 Å². The Hall–Kier alpha value is -0.820. The smallest absolute Gasteiger partial charge is 0.0459 e. The molecule has 154 valence electrons. The van der Waals surface area contributed by atoms with Crippen LogP contribution in [0.5, 0.6) is 0 Å². The third kappa shape index (κ3) is 16.6. The summed E-state index contributed by atoms with van der Waals surface area (Å²) >= 11 is 0. The molecule has 0 aliphatic heterocycles. The number of rotatable bonds is 8. The number of hydrogen-bond acceptors (Lipinski definition) is 1. The molecule has 1 fully saturated rings. The molecule has 1 aromatic rings. The summed E-state index contributed by atoms with van der Waals surface area (Å²) in [6.45, 7) is 12.8. The van der Waals surface area contributed by atoms with Gasteiger partial charge in [0.05, 0.1) is 0 Å². The maximum atomic E-state index is 8.57. The monoisotopic (exact) mass is 364 g/mol. The van der Waals surface area contributed by atoms with Gasteiger partial charge >= 0.3 is 0 Å². The molecule has 1 nitrogen and oxygen atoms in total. The van der Waals surface area contributed by atoms with Crippen LogP contribution in [0.1, 0.15) is 110 Å². The summed E-state index contributed by atoms with van der Waals surface area (Å²) in [5.41, 5.74) is 2.86. The Balaban J connectivity index is 0. The van der Waals surface area contributed by atoms with Gasteiger partial charge < -0.3 is 5.11 Å². The number of unbranched alkanes of at least 4 members (excludes halogenated alkanes) is 5. The largest absolute Gasteiger partial charge is 0.396 e. The molecule has 0 atom stereocenters. The van der Waals surface area contributed by atoms with E-state index in [0.29, 0.717) is 12.5 Å². The summed E-state index contributed by atoms with van der Waals surface area (Å²) in [6, 6.07) is 8.96. The summed E-state index contributed by atoms with van der Waals surface area (Å²) in [6.07, 6.45) is 14.8. The fourth-order valence-corrected chi connectivity index (χ4v) is 3.06. The van der Waals surface area contributed by atoms with Gasteiger partial charge in [-0.25, -0.2) is 0 Å². The lowest BCUT2D eigenvalue weighted by atomic mass is 10.0. The predicted octanol–water partition coefficient (Wildman–Crippen LogP) is 8.12. The zero-order chi connectivity index (χ0) is 20.0. The molecule has 0 aromatic heterocycles. The van der Waals surface area contributed by atoms with Crippen molar-refractivity contribution in [3.8, 4) is 0 Å². The van der Waals surface area contributed by atoms with Crippen LogP contribution in [0.15, 0.2) is 24.3 Å². The van der Waals surface area contributed by atoms with E-state index in [1.54, 1.807) is 0 Å². The molecule has 0 radical (unpaired) electrons. The van der Waals surface area contributed by atoms with Crippen molar-refractivity contribution in [2.45, 2.75) is 112 Å². The average molecular weight is 365 g/mol. The molecule has 0 heterocycles. The van der Waals surface area contributed by atoms with Crippen LogP contribution >= 0.6 is 0 Å². The van der Waals surface area contributed by atoms with Crippen LogP contribution in [0.2, 0.25) is 0 Å². The summed E-state index contributed by atoms with van der Waals surface area (Å²) in [5.74, 6) is 0.653. The predicted molar refractivity (Wildman–Crippen MR) is 120 cm³/mol. The summed E-state index contributed by atoms with van der Waals surface area (Å²) in [5, 5.41) is 8.57. The first-order valence-electron chi connectivity index (χ1n) is 11.4. The molecule has 0 saturated heterocycles. The molecule has 0 spiro atoms. The van der Waals surface area contributed by atoms with Crippen LogP contribution < -0.4 is 0 Å². The van der Waals surface area contributed by atoms with Gasteiger partial charge in [0.15, 0.2) is 0 Å². The Bertz CT molecular complexity index is 349. The Morgan fingerprint density at radius 1 is 0.808 bits per heavy atom. The zero-order valence-corrected chi connectivity index (χ0v) is 18.8. The second kappa shape index (κ2) is 22.2. The van der Waals surface area contributed by atoms with Gasteiger partial charge in [0.2, 0.25) is 0 Å². The Morgan fingerprint density at radius 3 is 1.77 bits per heavy atom. The lowest BCUT2D eigenvalue weighted by Crippen LogP contribution is -1.97. The van der Waals surface area contributed by atoms with E-state index in [-0.39, 0.29) is 0 Å². The molecule has 1 aromatic carbocycles. The molecule has 0 amide bonds. The number of benzene rings is 1. The fraction of sp³-hybridized carbons (Fsp3) is 0.760. The SMILES string of the molecule is CC.CC.CCCCCCCCc1ccc(C)cc1.OCC1CCCC1. The molecule has 26 heavy (non-hydrogen) atoms. The molecule has 0 unspecified atom stereocenters. The van der Waals surface area contributed by atoms with E-state index >= 15 is 0 Å². The maximum absolute atomic E-state index is 8.57. The zero-order valence-electron chi connectivity index (χ0n) is 18.8. The van der Waals surface area contributed by atoms with Gasteiger partial charge in [-0.3, -0.25) is 0 Å².